The summed E-state index contributed by atoms with van der Waals surface area (Å²) in [6.45, 7) is -1.99. The predicted molar refractivity (Wildman–Crippen MR) is 131 cm³/mol. The van der Waals surface area contributed by atoms with Crippen molar-refractivity contribution in [3.63, 3.8) is 0 Å². The fourth-order valence-electron chi connectivity index (χ4n) is 5.03. The Hall–Kier alpha value is -4.12. The molecule has 2 amide bonds. The van der Waals surface area contributed by atoms with Crippen LogP contribution in [-0.2, 0) is 9.53 Å². The lowest BCUT2D eigenvalue weighted by molar-refractivity contribution is -0.147. The highest BCUT2D eigenvalue weighted by Gasteiger charge is 2.38. The first-order valence-corrected chi connectivity index (χ1v) is 12.2. The lowest BCUT2D eigenvalue weighted by Crippen LogP contribution is -2.37. The number of halogens is 4. The minimum Gasteiger partial charge on any atom is -0.373 e. The number of nitrogens with one attached hydrogen (secondary N) is 1. The predicted octanol–water partition coefficient (Wildman–Crippen LogP) is 2.79. The van der Waals surface area contributed by atoms with E-state index in [1.165, 1.54) is 35.9 Å². The second kappa shape index (κ2) is 10.2. The molecule has 2 aliphatic rings. The molecule has 0 spiro atoms. The fourth-order valence-corrected chi connectivity index (χ4v) is 5.03. The molecular weight excluding hydrogens is 522 g/mol. The van der Waals surface area contributed by atoms with Gasteiger partial charge in [0.2, 0.25) is 5.91 Å². The van der Waals surface area contributed by atoms with Crippen LogP contribution in [0.25, 0.3) is 11.0 Å². The summed E-state index contributed by atoms with van der Waals surface area (Å²) in [6.07, 6.45) is 3.48. The van der Waals surface area contributed by atoms with Gasteiger partial charge in [0.15, 0.2) is 11.5 Å². The number of hydrogen-bond acceptors (Lipinski definition) is 6. The highest BCUT2D eigenvalue weighted by molar-refractivity contribution is 6.00. The van der Waals surface area contributed by atoms with E-state index in [2.05, 4.69) is 32.0 Å². The maximum Gasteiger partial charge on any atom is 0.345 e. The van der Waals surface area contributed by atoms with E-state index in [4.69, 9.17) is 5.73 Å². The Morgan fingerprint density at radius 1 is 1.26 bits per heavy atom. The number of fused-ring (bicyclic) bond motifs is 1. The number of amides is 2. The van der Waals surface area contributed by atoms with E-state index in [1.807, 2.05) is 0 Å². The van der Waals surface area contributed by atoms with Crippen LogP contribution >= 0.6 is 0 Å². The van der Waals surface area contributed by atoms with Gasteiger partial charge in [0.25, 0.3) is 5.91 Å². The normalized spacial score (nSPS) is 19.0. The molecular formula is C25H25F4N7O3. The van der Waals surface area contributed by atoms with Crippen molar-refractivity contribution in [1.82, 2.24) is 24.2 Å². The first-order chi connectivity index (χ1) is 18.6. The molecule has 1 aliphatic carbocycles. The third-order valence-corrected chi connectivity index (χ3v) is 6.96. The first kappa shape index (κ1) is 26.5. The zero-order chi connectivity index (χ0) is 28.0. The number of benzene rings is 1. The minimum atomic E-state index is -3.00. The Labute approximate surface area is 220 Å². The molecule has 2 fully saturated rings. The van der Waals surface area contributed by atoms with Crippen molar-refractivity contribution < 1.29 is 31.9 Å². The van der Waals surface area contributed by atoms with Gasteiger partial charge in [-0.3, -0.25) is 9.59 Å². The number of primary amides is 1. The van der Waals surface area contributed by atoms with E-state index in [0.29, 0.717) is 5.52 Å². The van der Waals surface area contributed by atoms with Gasteiger partial charge in [-0.1, -0.05) is 5.92 Å². The minimum absolute atomic E-state index is 0.0171. The van der Waals surface area contributed by atoms with E-state index >= 15 is 4.39 Å². The maximum absolute atomic E-state index is 15.2. The Bertz CT molecular complexity index is 1520. The van der Waals surface area contributed by atoms with Crippen molar-refractivity contribution in [2.75, 3.05) is 25.5 Å². The molecule has 2 atom stereocenters. The van der Waals surface area contributed by atoms with Gasteiger partial charge in [0, 0.05) is 32.6 Å². The van der Waals surface area contributed by atoms with Crippen molar-refractivity contribution in [2.45, 2.75) is 50.9 Å². The lowest BCUT2D eigenvalue weighted by atomic mass is 10.1. The molecule has 39 heavy (non-hydrogen) atoms. The standard InChI is InChI=1S/C25H25F4N7O3/c1-12(37)34-9-14(7-15(34)10-39-25(28)29)36-24(31-2)20(23(30)38)18(33-36)6-5-16-17(26)8-19-22(21(16)27)32-11-35(19)13-3-4-13/h8,11,13-15,25,31H,3-4,7,9-10H2,1-2H3,(H2,30,38)/t14-,15+/m0/s1. The number of aromatic nitrogens is 4. The average molecular weight is 548 g/mol. The number of ether oxygens (including phenoxy) is 1. The number of hydrogen-bond donors (Lipinski definition) is 2. The quantitative estimate of drug-likeness (QED) is 0.347. The van der Waals surface area contributed by atoms with Gasteiger partial charge in [0.1, 0.15) is 22.7 Å². The number of nitrogens with two attached hydrogens (primary N) is 1. The van der Waals surface area contributed by atoms with E-state index in [9.17, 15) is 22.8 Å². The van der Waals surface area contributed by atoms with E-state index in [-0.39, 0.29) is 47.5 Å². The third kappa shape index (κ3) is 4.89. The molecule has 14 heteroatoms. The number of anilines is 1. The molecule has 0 bridgehead atoms. The number of likely N-dealkylation sites (tertiary alicyclic amines) is 1. The number of alkyl halides is 2. The Morgan fingerprint density at radius 3 is 2.62 bits per heavy atom. The Balaban J connectivity index is 1.52. The molecule has 1 saturated heterocycles. The number of nitrogens with zero attached hydrogens (tertiary/aromatic N) is 5. The summed E-state index contributed by atoms with van der Waals surface area (Å²) >= 11 is 0. The summed E-state index contributed by atoms with van der Waals surface area (Å²) in [4.78, 5) is 30.0. The maximum atomic E-state index is 15.2. The summed E-state index contributed by atoms with van der Waals surface area (Å²) in [6, 6.07) is 0.139. The molecule has 3 heterocycles. The van der Waals surface area contributed by atoms with Crippen molar-refractivity contribution in [2.24, 2.45) is 5.73 Å². The van der Waals surface area contributed by atoms with Gasteiger partial charge in [-0.15, -0.1) is 0 Å². The highest BCUT2D eigenvalue weighted by atomic mass is 19.3. The summed E-state index contributed by atoms with van der Waals surface area (Å²) in [5.74, 6) is 2.09. The lowest BCUT2D eigenvalue weighted by Gasteiger charge is -2.22. The van der Waals surface area contributed by atoms with Crippen molar-refractivity contribution in [3.05, 3.63) is 40.8 Å². The van der Waals surface area contributed by atoms with Crippen LogP contribution in [0.2, 0.25) is 0 Å². The van der Waals surface area contributed by atoms with Crippen LogP contribution in [0.1, 0.15) is 59.9 Å². The van der Waals surface area contributed by atoms with E-state index < -0.39 is 48.4 Å². The molecule has 1 aliphatic heterocycles. The summed E-state index contributed by atoms with van der Waals surface area (Å²) in [5, 5.41) is 7.20. The van der Waals surface area contributed by atoms with Gasteiger partial charge >= 0.3 is 6.61 Å². The molecule has 1 aromatic carbocycles. The van der Waals surface area contributed by atoms with Crippen LogP contribution in [0.4, 0.5) is 23.4 Å². The fraction of sp³-hybridized carbons (Fsp3) is 0.440. The van der Waals surface area contributed by atoms with Crippen LogP contribution in [0.15, 0.2) is 12.4 Å². The second-order valence-corrected chi connectivity index (χ2v) is 9.49. The van der Waals surface area contributed by atoms with Gasteiger partial charge in [-0.05, 0) is 25.2 Å². The first-order valence-electron chi connectivity index (χ1n) is 12.2. The van der Waals surface area contributed by atoms with Crippen LogP contribution < -0.4 is 11.1 Å². The highest BCUT2D eigenvalue weighted by Crippen LogP contribution is 2.38. The molecule has 0 unspecified atom stereocenters. The van der Waals surface area contributed by atoms with Crippen LogP contribution in [-0.4, -0.2) is 68.9 Å². The average Bonchev–Trinajstić information content (AvgIpc) is 3.32. The number of imidazole rings is 1. The topological polar surface area (TPSA) is 120 Å². The summed E-state index contributed by atoms with van der Waals surface area (Å²) in [7, 11) is 1.51. The SMILES string of the molecule is CNc1c(C(N)=O)c(C#Cc2c(F)cc3c(ncn3C3CC3)c2F)nn1[C@H]1C[C@H](COC(F)F)N(C(C)=O)C1. The molecule has 3 N–H and O–H groups in total. The van der Waals surface area contributed by atoms with Crippen molar-refractivity contribution >= 4 is 28.7 Å². The zero-order valence-corrected chi connectivity index (χ0v) is 21.0. The second-order valence-electron chi connectivity index (χ2n) is 9.49. The molecule has 10 nitrogen and oxygen atoms in total. The third-order valence-electron chi connectivity index (χ3n) is 6.96. The van der Waals surface area contributed by atoms with Crippen molar-refractivity contribution in [1.29, 1.82) is 0 Å². The smallest absolute Gasteiger partial charge is 0.345 e. The van der Waals surface area contributed by atoms with Crippen molar-refractivity contribution in [3.8, 4) is 11.8 Å². The van der Waals surface area contributed by atoms with Gasteiger partial charge in [-0.2, -0.15) is 13.9 Å². The summed E-state index contributed by atoms with van der Waals surface area (Å²) < 4.78 is 63.0. The Morgan fingerprint density at radius 2 is 2.00 bits per heavy atom. The monoisotopic (exact) mass is 547 g/mol. The number of rotatable bonds is 7. The van der Waals surface area contributed by atoms with E-state index in [1.54, 1.807) is 4.57 Å². The van der Waals surface area contributed by atoms with E-state index in [0.717, 1.165) is 12.8 Å². The molecule has 3 aromatic rings. The van der Waals surface area contributed by atoms with Gasteiger partial charge < -0.3 is 25.3 Å². The molecule has 1 saturated carbocycles. The number of carbonyl (C=O) groups is 2. The van der Waals surface area contributed by atoms with Crippen LogP contribution in [0.5, 0.6) is 0 Å². The zero-order valence-electron chi connectivity index (χ0n) is 21.0. The Kier molecular flexibility index (Phi) is 6.94. The molecule has 2 aromatic heterocycles. The van der Waals surface area contributed by atoms with Gasteiger partial charge in [-0.25, -0.2) is 18.4 Å². The molecule has 206 valence electrons. The molecule has 0 radical (unpaired) electrons. The summed E-state index contributed by atoms with van der Waals surface area (Å²) in [5.41, 5.74) is 5.12. The van der Waals surface area contributed by atoms with Gasteiger partial charge in [0.05, 0.1) is 36.1 Å². The largest absolute Gasteiger partial charge is 0.373 e. The van der Waals surface area contributed by atoms with Crippen LogP contribution in [0.3, 0.4) is 0 Å². The molecule has 5 rings (SSSR count). The number of carbonyl (C=O) groups excluding carboxylic acids is 2. The van der Waals surface area contributed by atoms with Crippen LogP contribution in [0, 0.1) is 23.5 Å².